The van der Waals surface area contributed by atoms with Crippen LogP contribution in [0.2, 0.25) is 0 Å². The van der Waals surface area contributed by atoms with Gasteiger partial charge in [0, 0.05) is 17.0 Å². The van der Waals surface area contributed by atoms with Gasteiger partial charge in [0.05, 0.1) is 17.3 Å². The van der Waals surface area contributed by atoms with E-state index in [1.165, 1.54) is 11.1 Å². The summed E-state index contributed by atoms with van der Waals surface area (Å²) in [6, 6.07) is 21.4. The van der Waals surface area contributed by atoms with Gasteiger partial charge in [-0.15, -0.1) is 11.3 Å². The Hall–Kier alpha value is -2.83. The highest BCUT2D eigenvalue weighted by Crippen LogP contribution is 2.33. The molecule has 1 heterocycles. The average Bonchev–Trinajstić information content (AvgIpc) is 3.15. The predicted octanol–water partition coefficient (Wildman–Crippen LogP) is 6.16. The van der Waals surface area contributed by atoms with Crippen molar-refractivity contribution < 1.29 is 9.53 Å². The molecule has 3 aromatic carbocycles. The molecule has 1 amide bonds. The number of methoxy groups -OCH3 is 1. The quantitative estimate of drug-likeness (QED) is 0.380. The highest BCUT2D eigenvalue weighted by Gasteiger charge is 2.09. The Bertz CT molecular complexity index is 1140. The molecule has 0 radical (unpaired) electrons. The number of hydrogen-bond donors (Lipinski definition) is 1. The lowest BCUT2D eigenvalue weighted by molar-refractivity contribution is 0.102. The molecule has 1 aromatic heterocycles. The average molecular weight is 421 g/mol. The van der Waals surface area contributed by atoms with Gasteiger partial charge in [0.15, 0.2) is 4.34 Å². The van der Waals surface area contributed by atoms with Crippen LogP contribution in [-0.2, 0) is 5.75 Å². The first-order chi connectivity index (χ1) is 14.1. The number of ether oxygens (including phenoxy) is 1. The fourth-order valence-corrected chi connectivity index (χ4v) is 4.88. The van der Waals surface area contributed by atoms with Crippen LogP contribution in [0.3, 0.4) is 0 Å². The first-order valence-corrected chi connectivity index (χ1v) is 11.0. The second kappa shape index (κ2) is 8.68. The van der Waals surface area contributed by atoms with Gasteiger partial charge in [-0.05, 0) is 55.0 Å². The lowest BCUT2D eigenvalue weighted by Gasteiger charge is -2.06. The minimum Gasteiger partial charge on any atom is -0.497 e. The number of amides is 1. The number of benzene rings is 3. The first-order valence-electron chi connectivity index (χ1n) is 9.15. The number of carbonyl (C=O) groups is 1. The largest absolute Gasteiger partial charge is 0.497 e. The zero-order valence-corrected chi connectivity index (χ0v) is 17.8. The van der Waals surface area contributed by atoms with Gasteiger partial charge >= 0.3 is 0 Å². The number of thiazole rings is 1. The third kappa shape index (κ3) is 4.78. The molecule has 29 heavy (non-hydrogen) atoms. The summed E-state index contributed by atoms with van der Waals surface area (Å²) in [5.74, 6) is 1.47. The number of rotatable bonds is 6. The summed E-state index contributed by atoms with van der Waals surface area (Å²) >= 11 is 3.38. The molecule has 0 unspecified atom stereocenters. The number of nitrogens with one attached hydrogen (secondary N) is 1. The van der Waals surface area contributed by atoms with Crippen molar-refractivity contribution in [3.05, 3.63) is 83.4 Å². The summed E-state index contributed by atoms with van der Waals surface area (Å²) in [6.45, 7) is 2.09. The minimum absolute atomic E-state index is 0.148. The molecule has 0 saturated carbocycles. The van der Waals surface area contributed by atoms with E-state index >= 15 is 0 Å². The maximum atomic E-state index is 12.5. The highest BCUT2D eigenvalue weighted by atomic mass is 32.2. The third-order valence-electron chi connectivity index (χ3n) is 4.46. The van der Waals surface area contributed by atoms with Gasteiger partial charge in [0.1, 0.15) is 5.75 Å². The molecule has 4 rings (SSSR count). The maximum Gasteiger partial charge on any atom is 0.255 e. The number of hydrogen-bond acceptors (Lipinski definition) is 5. The van der Waals surface area contributed by atoms with E-state index in [0.717, 1.165) is 31.7 Å². The lowest BCUT2D eigenvalue weighted by atomic mass is 10.2. The van der Waals surface area contributed by atoms with Crippen LogP contribution < -0.4 is 10.1 Å². The molecule has 0 bridgehead atoms. The minimum atomic E-state index is -0.148. The van der Waals surface area contributed by atoms with E-state index in [9.17, 15) is 4.79 Å². The number of anilines is 1. The molecular weight excluding hydrogens is 400 g/mol. The molecular formula is C23H20N2O2S2. The van der Waals surface area contributed by atoms with Crippen LogP contribution in [-0.4, -0.2) is 18.0 Å². The summed E-state index contributed by atoms with van der Waals surface area (Å²) in [5.41, 5.74) is 4.85. The molecule has 0 aliphatic rings. The Morgan fingerprint density at radius 2 is 1.83 bits per heavy atom. The number of fused-ring (bicyclic) bond motifs is 1. The van der Waals surface area contributed by atoms with Crippen molar-refractivity contribution in [1.29, 1.82) is 0 Å². The van der Waals surface area contributed by atoms with Crippen molar-refractivity contribution in [2.24, 2.45) is 0 Å². The Morgan fingerprint density at radius 1 is 1.07 bits per heavy atom. The lowest BCUT2D eigenvalue weighted by Crippen LogP contribution is -2.11. The molecule has 0 fully saturated rings. The van der Waals surface area contributed by atoms with Crippen molar-refractivity contribution in [3.63, 3.8) is 0 Å². The van der Waals surface area contributed by atoms with Gasteiger partial charge in [-0.3, -0.25) is 4.79 Å². The van der Waals surface area contributed by atoms with Crippen molar-refractivity contribution in [1.82, 2.24) is 4.98 Å². The van der Waals surface area contributed by atoms with Crippen LogP contribution in [0.15, 0.2) is 71.1 Å². The van der Waals surface area contributed by atoms with Crippen LogP contribution in [0.4, 0.5) is 5.69 Å². The zero-order valence-electron chi connectivity index (χ0n) is 16.1. The first kappa shape index (κ1) is 19.5. The van der Waals surface area contributed by atoms with E-state index < -0.39 is 0 Å². The van der Waals surface area contributed by atoms with Gasteiger partial charge in [0.2, 0.25) is 0 Å². The summed E-state index contributed by atoms with van der Waals surface area (Å²) in [5, 5.41) is 2.95. The number of thioether (sulfide) groups is 1. The van der Waals surface area contributed by atoms with Crippen LogP contribution in [0.25, 0.3) is 10.2 Å². The van der Waals surface area contributed by atoms with E-state index in [1.54, 1.807) is 54.5 Å². The van der Waals surface area contributed by atoms with E-state index in [-0.39, 0.29) is 5.91 Å². The van der Waals surface area contributed by atoms with Crippen molar-refractivity contribution in [2.45, 2.75) is 17.0 Å². The monoisotopic (exact) mass is 420 g/mol. The summed E-state index contributed by atoms with van der Waals surface area (Å²) in [7, 11) is 1.60. The summed E-state index contributed by atoms with van der Waals surface area (Å²) < 4.78 is 7.22. The van der Waals surface area contributed by atoms with Crippen LogP contribution in [0.5, 0.6) is 5.75 Å². The molecule has 0 aliphatic carbocycles. The molecule has 0 aliphatic heterocycles. The molecule has 1 N–H and O–H groups in total. The summed E-state index contributed by atoms with van der Waals surface area (Å²) in [6.07, 6.45) is 0. The van der Waals surface area contributed by atoms with Gasteiger partial charge in [-0.25, -0.2) is 4.98 Å². The molecule has 4 aromatic rings. The van der Waals surface area contributed by atoms with E-state index in [1.807, 2.05) is 18.2 Å². The van der Waals surface area contributed by atoms with E-state index in [4.69, 9.17) is 9.72 Å². The summed E-state index contributed by atoms with van der Waals surface area (Å²) in [4.78, 5) is 17.2. The second-order valence-electron chi connectivity index (χ2n) is 6.62. The van der Waals surface area contributed by atoms with Crippen LogP contribution in [0.1, 0.15) is 21.5 Å². The molecule has 0 spiro atoms. The Morgan fingerprint density at radius 3 is 2.55 bits per heavy atom. The van der Waals surface area contributed by atoms with E-state index in [2.05, 4.69) is 36.5 Å². The normalized spacial score (nSPS) is 10.8. The highest BCUT2D eigenvalue weighted by molar-refractivity contribution is 8.00. The second-order valence-corrected chi connectivity index (χ2v) is 8.87. The number of aryl methyl sites for hydroxylation is 1. The smallest absolute Gasteiger partial charge is 0.255 e. The van der Waals surface area contributed by atoms with Gasteiger partial charge in [0.25, 0.3) is 5.91 Å². The molecule has 0 atom stereocenters. The molecule has 0 saturated heterocycles. The van der Waals surface area contributed by atoms with Gasteiger partial charge in [-0.1, -0.05) is 41.6 Å². The van der Waals surface area contributed by atoms with Crippen molar-refractivity contribution in [3.8, 4) is 5.75 Å². The Kier molecular flexibility index (Phi) is 5.83. The zero-order chi connectivity index (χ0) is 20.2. The molecule has 4 nitrogen and oxygen atoms in total. The van der Waals surface area contributed by atoms with Crippen LogP contribution in [0, 0.1) is 6.92 Å². The topological polar surface area (TPSA) is 51.2 Å². The SMILES string of the molecule is COc1ccc(C(=O)Nc2ccc3nc(SCc4ccc(C)cc4)sc3c2)cc1. The number of aromatic nitrogens is 1. The standard InChI is InChI=1S/C23H20N2O2S2/c1-15-3-5-16(6-4-15)14-28-23-25-20-12-9-18(13-21(20)29-23)24-22(26)17-7-10-19(27-2)11-8-17/h3-13H,14H2,1-2H3,(H,24,26). The van der Waals surface area contributed by atoms with Gasteiger partial charge < -0.3 is 10.1 Å². The maximum absolute atomic E-state index is 12.5. The third-order valence-corrected chi connectivity index (χ3v) is 6.69. The fraction of sp³-hybridized carbons (Fsp3) is 0.130. The van der Waals surface area contributed by atoms with E-state index in [0.29, 0.717) is 5.56 Å². The fourth-order valence-electron chi connectivity index (χ4n) is 2.82. The number of carbonyl (C=O) groups excluding carboxylic acids is 1. The van der Waals surface area contributed by atoms with Crippen molar-refractivity contribution >= 4 is 44.9 Å². The van der Waals surface area contributed by atoms with Gasteiger partial charge in [-0.2, -0.15) is 0 Å². The molecule has 6 heteroatoms. The Labute approximate surface area is 177 Å². The Balaban J connectivity index is 1.44. The number of nitrogens with zero attached hydrogens (tertiary/aromatic N) is 1. The van der Waals surface area contributed by atoms with Crippen molar-refractivity contribution in [2.75, 3.05) is 12.4 Å². The van der Waals surface area contributed by atoms with Crippen LogP contribution >= 0.6 is 23.1 Å². The molecule has 146 valence electrons. The predicted molar refractivity (Wildman–Crippen MR) is 121 cm³/mol.